The molecule has 1 heterocycles. The predicted molar refractivity (Wildman–Crippen MR) is 106 cm³/mol. The fourth-order valence-electron chi connectivity index (χ4n) is 3.03. The molecule has 0 aromatic heterocycles. The van der Waals surface area contributed by atoms with Crippen LogP contribution in [0.15, 0.2) is 30.3 Å². The van der Waals surface area contributed by atoms with Crippen molar-refractivity contribution in [2.45, 2.75) is 6.42 Å². The number of piperazine rings is 1. The number of hydrogen-bond acceptors (Lipinski definition) is 3. The SMILES string of the molecule is O=C(Cc1ccccc1)NC(=S)N1CCN(c2c(F)c(F)c(Cl)c(F)c2F)CC1. The van der Waals surface area contributed by atoms with E-state index >= 15 is 0 Å². The Morgan fingerprint density at radius 1 is 0.966 bits per heavy atom. The van der Waals surface area contributed by atoms with Crippen molar-refractivity contribution in [3.05, 3.63) is 64.2 Å². The lowest BCUT2D eigenvalue weighted by atomic mass is 10.1. The van der Waals surface area contributed by atoms with E-state index < -0.39 is 34.0 Å². The minimum absolute atomic E-state index is 0.0447. The molecule has 1 saturated heterocycles. The third-order valence-electron chi connectivity index (χ3n) is 4.52. The Labute approximate surface area is 175 Å². The van der Waals surface area contributed by atoms with Gasteiger partial charge < -0.3 is 15.1 Å². The van der Waals surface area contributed by atoms with Gasteiger partial charge in [0.15, 0.2) is 28.4 Å². The number of carbonyl (C=O) groups excluding carboxylic acids is 1. The molecule has 0 atom stereocenters. The van der Waals surface area contributed by atoms with E-state index in [2.05, 4.69) is 5.32 Å². The first-order valence-electron chi connectivity index (χ1n) is 8.68. The summed E-state index contributed by atoms with van der Waals surface area (Å²) in [5.41, 5.74) is 0.0263. The quantitative estimate of drug-likeness (QED) is 0.338. The van der Waals surface area contributed by atoms with Crippen LogP contribution in [0, 0.1) is 23.3 Å². The summed E-state index contributed by atoms with van der Waals surface area (Å²) in [4.78, 5) is 14.9. The van der Waals surface area contributed by atoms with Crippen molar-refractivity contribution in [3.63, 3.8) is 0 Å². The molecule has 0 unspecified atom stereocenters. The van der Waals surface area contributed by atoms with Gasteiger partial charge in [-0.1, -0.05) is 41.9 Å². The highest BCUT2D eigenvalue weighted by atomic mass is 35.5. The minimum Gasteiger partial charge on any atom is -0.363 e. The van der Waals surface area contributed by atoms with Gasteiger partial charge in [0.25, 0.3) is 0 Å². The molecule has 1 N–H and O–H groups in total. The van der Waals surface area contributed by atoms with Gasteiger partial charge in [-0.3, -0.25) is 4.79 Å². The Morgan fingerprint density at radius 3 is 2.07 bits per heavy atom. The van der Waals surface area contributed by atoms with Crippen LogP contribution in [0.3, 0.4) is 0 Å². The summed E-state index contributed by atoms with van der Waals surface area (Å²) in [5.74, 6) is -6.64. The monoisotopic (exact) mass is 445 g/mol. The van der Waals surface area contributed by atoms with Crippen LogP contribution in [-0.2, 0) is 11.2 Å². The second-order valence-corrected chi connectivity index (χ2v) is 7.17. The molecule has 1 aliphatic heterocycles. The first-order chi connectivity index (χ1) is 13.8. The number of nitrogens with zero attached hydrogens (tertiary/aromatic N) is 2. The summed E-state index contributed by atoms with van der Waals surface area (Å²) in [7, 11) is 0. The molecular weight excluding hydrogens is 430 g/mol. The Kier molecular flexibility index (Phi) is 6.59. The third-order valence-corrected chi connectivity index (χ3v) is 5.22. The maximum Gasteiger partial charge on any atom is 0.230 e. The summed E-state index contributed by atoms with van der Waals surface area (Å²) in [6.07, 6.45) is 0.153. The van der Waals surface area contributed by atoms with E-state index in [9.17, 15) is 22.4 Å². The largest absolute Gasteiger partial charge is 0.363 e. The third kappa shape index (κ3) is 4.62. The van der Waals surface area contributed by atoms with Crippen LogP contribution in [0.2, 0.25) is 5.02 Å². The molecule has 0 radical (unpaired) electrons. The summed E-state index contributed by atoms with van der Waals surface area (Å²) >= 11 is 10.5. The Morgan fingerprint density at radius 2 is 1.52 bits per heavy atom. The number of thiocarbonyl (C=S) groups is 1. The number of carbonyl (C=O) groups is 1. The zero-order valence-corrected chi connectivity index (χ0v) is 16.6. The summed E-state index contributed by atoms with van der Waals surface area (Å²) in [5, 5.41) is 1.58. The van der Waals surface area contributed by atoms with Crippen LogP contribution < -0.4 is 10.2 Å². The normalized spacial score (nSPS) is 14.1. The van der Waals surface area contributed by atoms with Crippen LogP contribution in [0.5, 0.6) is 0 Å². The van der Waals surface area contributed by atoms with Crippen LogP contribution in [0.25, 0.3) is 0 Å². The second kappa shape index (κ2) is 8.96. The van der Waals surface area contributed by atoms with E-state index in [1.807, 2.05) is 30.3 Å². The Hall–Kier alpha value is -2.39. The lowest BCUT2D eigenvalue weighted by molar-refractivity contribution is -0.119. The fourth-order valence-corrected chi connectivity index (χ4v) is 3.49. The van der Waals surface area contributed by atoms with E-state index in [-0.39, 0.29) is 43.6 Å². The van der Waals surface area contributed by atoms with Gasteiger partial charge in [-0.15, -0.1) is 0 Å². The number of rotatable bonds is 3. The summed E-state index contributed by atoms with van der Waals surface area (Å²) < 4.78 is 55.6. The van der Waals surface area contributed by atoms with Crippen LogP contribution in [0.1, 0.15) is 5.56 Å². The molecule has 29 heavy (non-hydrogen) atoms. The van der Waals surface area contributed by atoms with Gasteiger partial charge >= 0.3 is 0 Å². The van der Waals surface area contributed by atoms with Crippen LogP contribution in [0.4, 0.5) is 23.2 Å². The smallest absolute Gasteiger partial charge is 0.230 e. The molecule has 0 spiro atoms. The first-order valence-corrected chi connectivity index (χ1v) is 9.47. The molecule has 10 heteroatoms. The van der Waals surface area contributed by atoms with E-state index in [1.54, 1.807) is 4.90 Å². The highest BCUT2D eigenvalue weighted by molar-refractivity contribution is 7.80. The topological polar surface area (TPSA) is 35.6 Å². The molecule has 2 aromatic rings. The molecule has 1 amide bonds. The molecule has 1 fully saturated rings. The molecular formula is C19H16ClF4N3OS. The van der Waals surface area contributed by atoms with Crippen LogP contribution in [-0.4, -0.2) is 42.1 Å². The average molecular weight is 446 g/mol. The van der Waals surface area contributed by atoms with Crippen molar-refractivity contribution >= 4 is 40.5 Å². The molecule has 3 rings (SSSR count). The molecule has 0 aliphatic carbocycles. The Balaban J connectivity index is 1.61. The van der Waals surface area contributed by atoms with E-state index in [4.69, 9.17) is 23.8 Å². The number of nitrogens with one attached hydrogen (secondary N) is 1. The van der Waals surface area contributed by atoms with E-state index in [0.717, 1.165) is 5.56 Å². The Bertz CT molecular complexity index is 908. The zero-order chi connectivity index (χ0) is 21.1. The molecule has 4 nitrogen and oxygen atoms in total. The molecule has 2 aromatic carbocycles. The standard InChI is InChI=1S/C19H16ClF4N3OS/c20-13-14(21)16(23)18(17(24)15(13)22)26-6-8-27(9-7-26)19(29)25-12(28)10-11-4-2-1-3-5-11/h1-5H,6-10H2,(H,25,28,29). The predicted octanol–water partition coefficient (Wildman–Crippen LogP) is 3.66. The van der Waals surface area contributed by atoms with Crippen molar-refractivity contribution in [1.29, 1.82) is 0 Å². The molecule has 154 valence electrons. The summed E-state index contributed by atoms with van der Waals surface area (Å²) in [6.45, 7) is 0.497. The van der Waals surface area contributed by atoms with Crippen molar-refractivity contribution in [2.75, 3.05) is 31.1 Å². The van der Waals surface area contributed by atoms with E-state index in [1.165, 1.54) is 4.90 Å². The van der Waals surface area contributed by atoms with Gasteiger partial charge in [-0.05, 0) is 17.8 Å². The molecule has 1 aliphatic rings. The first kappa shape index (κ1) is 21.3. The number of hydrogen-bond donors (Lipinski definition) is 1. The van der Waals surface area contributed by atoms with Gasteiger partial charge in [0, 0.05) is 26.2 Å². The van der Waals surface area contributed by atoms with Crippen LogP contribution >= 0.6 is 23.8 Å². The fraction of sp³-hybridized carbons (Fsp3) is 0.263. The van der Waals surface area contributed by atoms with E-state index in [0.29, 0.717) is 0 Å². The van der Waals surface area contributed by atoms with Gasteiger partial charge in [-0.2, -0.15) is 0 Å². The summed E-state index contributed by atoms with van der Waals surface area (Å²) in [6, 6.07) is 9.11. The maximum absolute atomic E-state index is 14.1. The minimum atomic E-state index is -1.63. The van der Waals surface area contributed by atoms with Crippen molar-refractivity contribution in [2.24, 2.45) is 0 Å². The number of anilines is 1. The van der Waals surface area contributed by atoms with Crippen molar-refractivity contribution < 1.29 is 22.4 Å². The second-order valence-electron chi connectivity index (χ2n) is 6.41. The lowest BCUT2D eigenvalue weighted by Gasteiger charge is -2.37. The zero-order valence-electron chi connectivity index (χ0n) is 15.0. The number of benzene rings is 2. The van der Waals surface area contributed by atoms with Gasteiger partial charge in [0.1, 0.15) is 10.7 Å². The number of amides is 1. The molecule has 0 bridgehead atoms. The number of halogens is 5. The highest BCUT2D eigenvalue weighted by Gasteiger charge is 2.30. The van der Waals surface area contributed by atoms with Gasteiger partial charge in [0.05, 0.1) is 6.42 Å². The highest BCUT2D eigenvalue weighted by Crippen LogP contribution is 2.33. The lowest BCUT2D eigenvalue weighted by Crippen LogP contribution is -2.53. The van der Waals surface area contributed by atoms with Gasteiger partial charge in [0.2, 0.25) is 5.91 Å². The average Bonchev–Trinajstić information content (AvgIpc) is 2.72. The van der Waals surface area contributed by atoms with Crippen molar-refractivity contribution in [3.8, 4) is 0 Å². The van der Waals surface area contributed by atoms with Gasteiger partial charge in [-0.25, -0.2) is 17.6 Å². The van der Waals surface area contributed by atoms with Crippen molar-refractivity contribution in [1.82, 2.24) is 10.2 Å². The molecule has 0 saturated carbocycles. The maximum atomic E-state index is 14.1.